The van der Waals surface area contributed by atoms with Crippen molar-refractivity contribution in [3.05, 3.63) is 17.7 Å². The van der Waals surface area contributed by atoms with Gasteiger partial charge in [-0.3, -0.25) is 4.79 Å². The molecule has 1 aromatic rings. The number of fused-ring (bicyclic) bond motifs is 1. The Balaban J connectivity index is 2.61. The van der Waals surface area contributed by atoms with Gasteiger partial charge < -0.3 is 15.4 Å². The fourth-order valence-corrected chi connectivity index (χ4v) is 1.94. The molecule has 1 heterocycles. The van der Waals surface area contributed by atoms with Gasteiger partial charge in [-0.1, -0.05) is 0 Å². The van der Waals surface area contributed by atoms with Crippen molar-refractivity contribution >= 4 is 17.3 Å². The monoisotopic (exact) mass is 274 g/mol. The van der Waals surface area contributed by atoms with Crippen LogP contribution in [0.1, 0.15) is 18.9 Å². The predicted molar refractivity (Wildman–Crippen MR) is 64.0 cm³/mol. The number of benzene rings is 1. The normalized spacial score (nSPS) is 19.7. The number of nitrogen functional groups attached to an aromatic ring is 1. The molecular weight excluding hydrogens is 261 g/mol. The van der Waals surface area contributed by atoms with Crippen molar-refractivity contribution in [3.8, 4) is 5.75 Å². The molecule has 104 valence electrons. The number of anilines is 2. The second-order valence-electron chi connectivity index (χ2n) is 4.50. The molecule has 0 aliphatic carbocycles. The van der Waals surface area contributed by atoms with E-state index < -0.39 is 17.8 Å². The van der Waals surface area contributed by atoms with Crippen LogP contribution >= 0.6 is 0 Å². The molecule has 0 radical (unpaired) electrons. The van der Waals surface area contributed by atoms with Crippen LogP contribution in [0, 0.1) is 0 Å². The Labute approximate surface area is 107 Å². The van der Waals surface area contributed by atoms with Crippen molar-refractivity contribution in [2.45, 2.75) is 25.6 Å². The number of amides is 1. The maximum absolute atomic E-state index is 12.7. The average Bonchev–Trinajstić information content (AvgIpc) is 2.38. The van der Waals surface area contributed by atoms with Gasteiger partial charge in [0.25, 0.3) is 0 Å². The van der Waals surface area contributed by atoms with Crippen LogP contribution in [0.2, 0.25) is 0 Å². The first kappa shape index (κ1) is 13.5. The molecule has 1 atom stereocenters. The van der Waals surface area contributed by atoms with Gasteiger partial charge in [0.15, 0.2) is 5.75 Å². The number of carbonyl (C=O) groups is 1. The minimum atomic E-state index is -4.52. The maximum Gasteiger partial charge on any atom is 0.416 e. The topological polar surface area (TPSA) is 55.6 Å². The highest BCUT2D eigenvalue weighted by molar-refractivity contribution is 5.96. The minimum absolute atomic E-state index is 0.0432. The second-order valence-corrected chi connectivity index (χ2v) is 4.50. The zero-order valence-electron chi connectivity index (χ0n) is 10.4. The molecular formula is C12H13F3N2O2. The number of nitrogens with zero attached hydrogens (tertiary/aromatic N) is 1. The molecule has 2 N–H and O–H groups in total. The van der Waals surface area contributed by atoms with E-state index >= 15 is 0 Å². The Bertz CT molecular complexity index is 528. The fraction of sp³-hybridized carbons (Fsp3) is 0.417. The third-order valence-electron chi connectivity index (χ3n) is 2.94. The molecule has 7 heteroatoms. The van der Waals surface area contributed by atoms with Crippen molar-refractivity contribution in [1.82, 2.24) is 0 Å². The van der Waals surface area contributed by atoms with Gasteiger partial charge in [-0.15, -0.1) is 0 Å². The Hall–Kier alpha value is -1.92. The number of ether oxygens (including phenoxy) is 1. The summed E-state index contributed by atoms with van der Waals surface area (Å²) >= 11 is 0. The number of carbonyl (C=O) groups excluding carboxylic acids is 1. The molecule has 1 aromatic carbocycles. The van der Waals surface area contributed by atoms with Crippen molar-refractivity contribution in [3.63, 3.8) is 0 Å². The second kappa shape index (κ2) is 4.32. The summed E-state index contributed by atoms with van der Waals surface area (Å²) < 4.78 is 43.7. The molecule has 0 saturated carbocycles. The van der Waals surface area contributed by atoms with E-state index in [0.717, 1.165) is 17.0 Å². The van der Waals surface area contributed by atoms with E-state index in [4.69, 9.17) is 10.5 Å². The lowest BCUT2D eigenvalue weighted by molar-refractivity contribution is -0.137. The molecule has 1 amide bonds. The molecule has 1 unspecified atom stereocenters. The number of halogens is 3. The first-order valence-electron chi connectivity index (χ1n) is 5.64. The van der Waals surface area contributed by atoms with Gasteiger partial charge in [0.2, 0.25) is 5.91 Å². The summed E-state index contributed by atoms with van der Waals surface area (Å²) in [6.07, 6.45) is -4.87. The standard InChI is InChI=1S/C12H13F3N2O2/c1-6-3-10(18)17(2)9-5-7(12(13,14)15)4-8(16)11(9)19-6/h4-6H,3,16H2,1-2H3. The van der Waals surface area contributed by atoms with E-state index in [9.17, 15) is 18.0 Å². The van der Waals surface area contributed by atoms with Crippen LogP contribution in [-0.2, 0) is 11.0 Å². The maximum atomic E-state index is 12.7. The highest BCUT2D eigenvalue weighted by Gasteiger charge is 2.34. The van der Waals surface area contributed by atoms with Gasteiger partial charge in [0.05, 0.1) is 23.4 Å². The number of nitrogens with two attached hydrogens (primary N) is 1. The number of hydrogen-bond acceptors (Lipinski definition) is 3. The predicted octanol–water partition coefficient (Wildman–Crippen LogP) is 2.42. The van der Waals surface area contributed by atoms with E-state index in [0.29, 0.717) is 0 Å². The summed E-state index contributed by atoms with van der Waals surface area (Å²) in [4.78, 5) is 12.9. The van der Waals surface area contributed by atoms with Crippen molar-refractivity contribution in [1.29, 1.82) is 0 Å². The summed E-state index contributed by atoms with van der Waals surface area (Å²) in [5, 5.41) is 0. The van der Waals surface area contributed by atoms with E-state index in [2.05, 4.69) is 0 Å². The molecule has 4 nitrogen and oxygen atoms in total. The van der Waals surface area contributed by atoms with Crippen LogP contribution < -0.4 is 15.4 Å². The number of alkyl halides is 3. The zero-order chi connectivity index (χ0) is 14.4. The van der Waals surface area contributed by atoms with Crippen LogP contribution in [0.4, 0.5) is 24.5 Å². The van der Waals surface area contributed by atoms with Crippen LogP contribution in [0.15, 0.2) is 12.1 Å². The molecule has 0 aromatic heterocycles. The van der Waals surface area contributed by atoms with Crippen molar-refractivity contribution in [2.75, 3.05) is 17.7 Å². The van der Waals surface area contributed by atoms with Crippen LogP contribution in [0.3, 0.4) is 0 Å². The van der Waals surface area contributed by atoms with Gasteiger partial charge in [0.1, 0.15) is 6.10 Å². The van der Waals surface area contributed by atoms with Gasteiger partial charge in [-0.05, 0) is 19.1 Å². The first-order valence-corrected chi connectivity index (χ1v) is 5.64. The van der Waals surface area contributed by atoms with E-state index in [1.54, 1.807) is 6.92 Å². The van der Waals surface area contributed by atoms with Crippen molar-refractivity contribution < 1.29 is 22.7 Å². The molecule has 0 spiro atoms. The largest absolute Gasteiger partial charge is 0.486 e. The van der Waals surface area contributed by atoms with E-state index in [1.165, 1.54) is 7.05 Å². The summed E-state index contributed by atoms with van der Waals surface area (Å²) in [6.45, 7) is 1.66. The van der Waals surface area contributed by atoms with Gasteiger partial charge >= 0.3 is 6.18 Å². The van der Waals surface area contributed by atoms with Gasteiger partial charge in [-0.25, -0.2) is 0 Å². The molecule has 1 aliphatic rings. The summed E-state index contributed by atoms with van der Waals surface area (Å²) in [5.74, 6) is -0.196. The fourth-order valence-electron chi connectivity index (χ4n) is 1.94. The van der Waals surface area contributed by atoms with Gasteiger partial charge in [-0.2, -0.15) is 13.2 Å². The molecule has 0 saturated heterocycles. The summed E-state index contributed by atoms with van der Waals surface area (Å²) in [6, 6.07) is 1.69. The molecule has 0 fully saturated rings. The highest BCUT2D eigenvalue weighted by atomic mass is 19.4. The van der Waals surface area contributed by atoms with Crippen LogP contribution in [0.5, 0.6) is 5.75 Å². The lowest BCUT2D eigenvalue weighted by atomic mass is 10.1. The quantitative estimate of drug-likeness (QED) is 0.739. The smallest absolute Gasteiger partial charge is 0.416 e. The SMILES string of the molecule is CC1CC(=O)N(C)c2cc(C(F)(F)F)cc(N)c2O1. The Morgan fingerprint density at radius 3 is 2.63 bits per heavy atom. The van der Waals surface area contributed by atoms with E-state index in [1.807, 2.05) is 0 Å². The summed E-state index contributed by atoms with van der Waals surface area (Å²) in [5.41, 5.74) is 4.63. The minimum Gasteiger partial charge on any atom is -0.486 e. The Morgan fingerprint density at radius 1 is 1.42 bits per heavy atom. The average molecular weight is 274 g/mol. The first-order chi connectivity index (χ1) is 8.70. The number of hydrogen-bond donors (Lipinski definition) is 1. The van der Waals surface area contributed by atoms with Crippen LogP contribution in [0.25, 0.3) is 0 Å². The molecule has 2 rings (SSSR count). The Morgan fingerprint density at radius 2 is 2.05 bits per heavy atom. The molecule has 1 aliphatic heterocycles. The Kier molecular flexibility index (Phi) is 3.07. The van der Waals surface area contributed by atoms with Gasteiger partial charge in [0, 0.05) is 7.05 Å². The zero-order valence-corrected chi connectivity index (χ0v) is 10.4. The number of rotatable bonds is 0. The van der Waals surface area contributed by atoms with E-state index in [-0.39, 0.29) is 29.5 Å². The summed E-state index contributed by atoms with van der Waals surface area (Å²) in [7, 11) is 1.40. The third-order valence-corrected chi connectivity index (χ3v) is 2.94. The molecule has 0 bridgehead atoms. The third kappa shape index (κ3) is 2.45. The lowest BCUT2D eigenvalue weighted by Crippen LogP contribution is -2.27. The van der Waals surface area contributed by atoms with Crippen LogP contribution in [-0.4, -0.2) is 19.1 Å². The molecule has 19 heavy (non-hydrogen) atoms. The lowest BCUT2D eigenvalue weighted by Gasteiger charge is -2.20. The van der Waals surface area contributed by atoms with Crippen molar-refractivity contribution in [2.24, 2.45) is 0 Å². The highest BCUT2D eigenvalue weighted by Crippen LogP contribution is 2.42.